The quantitative estimate of drug-likeness (QED) is 0.894. The molecule has 104 valence electrons. The van der Waals surface area contributed by atoms with E-state index in [-0.39, 0.29) is 0 Å². The van der Waals surface area contributed by atoms with Gasteiger partial charge in [-0.3, -0.25) is 4.90 Å². The van der Waals surface area contributed by atoms with E-state index in [0.29, 0.717) is 12.1 Å². The number of fused-ring (bicyclic) bond motifs is 1. The molecule has 1 aromatic carbocycles. The molecule has 0 radical (unpaired) electrons. The largest absolute Gasteiger partial charge is 0.313 e. The molecule has 3 unspecified atom stereocenters. The van der Waals surface area contributed by atoms with Crippen LogP contribution in [-0.2, 0) is 6.42 Å². The van der Waals surface area contributed by atoms with Crippen molar-refractivity contribution in [3.63, 3.8) is 0 Å². The average Bonchev–Trinajstić information content (AvgIpc) is 2.72. The molecule has 1 saturated heterocycles. The third-order valence-electron chi connectivity index (χ3n) is 4.34. The van der Waals surface area contributed by atoms with E-state index in [1.54, 1.807) is 5.56 Å². The number of hydrogen-bond donors (Lipinski definition) is 1. The second-order valence-electron chi connectivity index (χ2n) is 6.00. The molecule has 3 atom stereocenters. The number of nitrogens with one attached hydrogen (secondary N) is 1. The van der Waals surface area contributed by atoms with Gasteiger partial charge in [-0.1, -0.05) is 18.2 Å². The van der Waals surface area contributed by atoms with Crippen LogP contribution in [0.3, 0.4) is 0 Å². The normalized spacial score (nSPS) is 32.0. The average molecular weight is 276 g/mol. The van der Waals surface area contributed by atoms with Crippen molar-refractivity contribution in [1.29, 1.82) is 0 Å². The summed E-state index contributed by atoms with van der Waals surface area (Å²) in [5.41, 5.74) is 1.55. The fourth-order valence-corrected chi connectivity index (χ4v) is 4.54. The molecule has 2 nitrogen and oxygen atoms in total. The van der Waals surface area contributed by atoms with Crippen molar-refractivity contribution in [1.82, 2.24) is 10.2 Å². The van der Waals surface area contributed by atoms with Crippen LogP contribution in [-0.4, -0.2) is 41.9 Å². The fraction of sp³-hybridized carbons (Fsp3) is 0.625. The molecule has 3 heteroatoms. The monoisotopic (exact) mass is 276 g/mol. The van der Waals surface area contributed by atoms with Crippen LogP contribution >= 0.6 is 11.8 Å². The molecule has 1 aromatic rings. The molecule has 0 spiro atoms. The maximum absolute atomic E-state index is 3.60. The van der Waals surface area contributed by atoms with Crippen LogP contribution in [0.15, 0.2) is 29.2 Å². The highest BCUT2D eigenvalue weighted by Gasteiger charge is 2.27. The Morgan fingerprint density at radius 1 is 1.32 bits per heavy atom. The predicted molar refractivity (Wildman–Crippen MR) is 82.9 cm³/mol. The first-order valence-electron chi connectivity index (χ1n) is 7.44. The minimum atomic E-state index is 0.624. The molecule has 3 rings (SSSR count). The SMILES string of the molecule is CC1CN(CC2Cc3ccccc3S2)C(C)CCN1. The van der Waals surface area contributed by atoms with E-state index < -0.39 is 0 Å². The first kappa shape index (κ1) is 13.5. The Morgan fingerprint density at radius 2 is 2.16 bits per heavy atom. The summed E-state index contributed by atoms with van der Waals surface area (Å²) in [5.74, 6) is 0. The minimum Gasteiger partial charge on any atom is -0.313 e. The van der Waals surface area contributed by atoms with Gasteiger partial charge in [0.1, 0.15) is 0 Å². The molecule has 0 bridgehead atoms. The Hall–Kier alpha value is -0.510. The lowest BCUT2D eigenvalue weighted by Gasteiger charge is -2.30. The molecule has 2 aliphatic heterocycles. The van der Waals surface area contributed by atoms with Crippen molar-refractivity contribution in [3.05, 3.63) is 29.8 Å². The van der Waals surface area contributed by atoms with Crippen molar-refractivity contribution in [3.8, 4) is 0 Å². The highest BCUT2D eigenvalue weighted by molar-refractivity contribution is 8.00. The predicted octanol–water partition coefficient (Wildman–Crippen LogP) is 2.78. The summed E-state index contributed by atoms with van der Waals surface area (Å²) in [7, 11) is 0. The third kappa shape index (κ3) is 3.15. The van der Waals surface area contributed by atoms with E-state index in [2.05, 4.69) is 60.1 Å². The smallest absolute Gasteiger partial charge is 0.0263 e. The van der Waals surface area contributed by atoms with Crippen LogP contribution in [0, 0.1) is 0 Å². The molecule has 19 heavy (non-hydrogen) atoms. The second kappa shape index (κ2) is 5.86. The van der Waals surface area contributed by atoms with Gasteiger partial charge in [-0.2, -0.15) is 0 Å². The molecule has 0 amide bonds. The molecular weight excluding hydrogens is 252 g/mol. The second-order valence-corrected chi connectivity index (χ2v) is 7.34. The van der Waals surface area contributed by atoms with E-state index in [1.807, 2.05) is 0 Å². The van der Waals surface area contributed by atoms with Crippen LogP contribution in [0.1, 0.15) is 25.8 Å². The zero-order valence-electron chi connectivity index (χ0n) is 11.9. The van der Waals surface area contributed by atoms with Gasteiger partial charge < -0.3 is 5.32 Å². The Morgan fingerprint density at radius 3 is 3.00 bits per heavy atom. The summed E-state index contributed by atoms with van der Waals surface area (Å²) in [5, 5.41) is 4.34. The van der Waals surface area contributed by atoms with Gasteiger partial charge in [-0.25, -0.2) is 0 Å². The fourth-order valence-electron chi connectivity index (χ4n) is 3.19. The molecule has 0 aliphatic carbocycles. The van der Waals surface area contributed by atoms with Crippen LogP contribution in [0.25, 0.3) is 0 Å². The summed E-state index contributed by atoms with van der Waals surface area (Å²) in [6.45, 7) is 8.27. The van der Waals surface area contributed by atoms with E-state index in [1.165, 1.54) is 30.8 Å². The number of rotatable bonds is 2. The lowest BCUT2D eigenvalue weighted by atomic mass is 10.1. The van der Waals surface area contributed by atoms with Gasteiger partial charge in [-0.05, 0) is 44.9 Å². The molecule has 0 saturated carbocycles. The van der Waals surface area contributed by atoms with Crippen molar-refractivity contribution >= 4 is 11.8 Å². The highest BCUT2D eigenvalue weighted by Crippen LogP contribution is 2.37. The van der Waals surface area contributed by atoms with Gasteiger partial charge >= 0.3 is 0 Å². The molecule has 1 fully saturated rings. The number of hydrogen-bond acceptors (Lipinski definition) is 3. The van der Waals surface area contributed by atoms with Gasteiger partial charge in [-0.15, -0.1) is 11.8 Å². The maximum atomic E-state index is 3.60. The standard InChI is InChI=1S/C16H24N2S/c1-12-10-18(13(2)7-8-17-12)11-15-9-14-5-3-4-6-16(14)19-15/h3-6,12-13,15,17H,7-11H2,1-2H3. The van der Waals surface area contributed by atoms with E-state index >= 15 is 0 Å². The van der Waals surface area contributed by atoms with Gasteiger partial charge in [0, 0.05) is 35.3 Å². The molecule has 2 heterocycles. The van der Waals surface area contributed by atoms with E-state index in [0.717, 1.165) is 11.8 Å². The Balaban J connectivity index is 1.63. The van der Waals surface area contributed by atoms with Crippen molar-refractivity contribution in [2.45, 2.75) is 48.9 Å². The van der Waals surface area contributed by atoms with Gasteiger partial charge in [0.25, 0.3) is 0 Å². The molecular formula is C16H24N2S. The minimum absolute atomic E-state index is 0.624. The van der Waals surface area contributed by atoms with Crippen LogP contribution in [0.2, 0.25) is 0 Å². The van der Waals surface area contributed by atoms with Gasteiger partial charge in [0.15, 0.2) is 0 Å². The number of thioether (sulfide) groups is 1. The Labute approximate surface area is 121 Å². The number of benzene rings is 1. The molecule has 2 aliphatic rings. The summed E-state index contributed by atoms with van der Waals surface area (Å²) in [4.78, 5) is 4.19. The lowest BCUT2D eigenvalue weighted by Crippen LogP contribution is -2.41. The maximum Gasteiger partial charge on any atom is 0.0263 e. The first-order chi connectivity index (χ1) is 9.22. The molecule has 0 aromatic heterocycles. The topological polar surface area (TPSA) is 15.3 Å². The zero-order chi connectivity index (χ0) is 13.2. The van der Waals surface area contributed by atoms with Gasteiger partial charge in [0.05, 0.1) is 0 Å². The van der Waals surface area contributed by atoms with Gasteiger partial charge in [0.2, 0.25) is 0 Å². The Bertz CT molecular complexity index is 410. The number of nitrogens with zero attached hydrogens (tertiary/aromatic N) is 1. The van der Waals surface area contributed by atoms with Crippen molar-refractivity contribution in [2.75, 3.05) is 19.6 Å². The van der Waals surface area contributed by atoms with E-state index in [9.17, 15) is 0 Å². The van der Waals surface area contributed by atoms with Crippen LogP contribution < -0.4 is 5.32 Å². The Kier molecular flexibility index (Phi) is 4.15. The summed E-state index contributed by atoms with van der Waals surface area (Å²) < 4.78 is 0. The van der Waals surface area contributed by atoms with Crippen LogP contribution in [0.4, 0.5) is 0 Å². The molecule has 1 N–H and O–H groups in total. The summed E-state index contributed by atoms with van der Waals surface area (Å²) in [6, 6.07) is 10.2. The highest BCUT2D eigenvalue weighted by atomic mass is 32.2. The van der Waals surface area contributed by atoms with Crippen molar-refractivity contribution < 1.29 is 0 Å². The first-order valence-corrected chi connectivity index (χ1v) is 8.32. The third-order valence-corrected chi connectivity index (χ3v) is 5.64. The summed E-state index contributed by atoms with van der Waals surface area (Å²) >= 11 is 2.08. The van der Waals surface area contributed by atoms with Crippen molar-refractivity contribution in [2.24, 2.45) is 0 Å². The lowest BCUT2D eigenvalue weighted by molar-refractivity contribution is 0.208. The van der Waals surface area contributed by atoms with Crippen LogP contribution in [0.5, 0.6) is 0 Å². The van der Waals surface area contributed by atoms with E-state index in [4.69, 9.17) is 0 Å². The zero-order valence-corrected chi connectivity index (χ0v) is 12.7. The summed E-state index contributed by atoms with van der Waals surface area (Å²) in [6.07, 6.45) is 2.51.